The summed E-state index contributed by atoms with van der Waals surface area (Å²) >= 11 is 1.77. The van der Waals surface area contributed by atoms with E-state index in [2.05, 4.69) is 11.9 Å². The third kappa shape index (κ3) is 3.05. The molecule has 1 unspecified atom stereocenters. The van der Waals surface area contributed by atoms with Gasteiger partial charge in [0, 0.05) is 17.4 Å². The van der Waals surface area contributed by atoms with E-state index in [0.717, 1.165) is 42.3 Å². The Bertz CT molecular complexity index is 706. The molecular weight excluding hydrogens is 316 g/mol. The van der Waals surface area contributed by atoms with E-state index < -0.39 is 10.0 Å². The molecule has 0 bridgehead atoms. The van der Waals surface area contributed by atoms with E-state index in [1.54, 1.807) is 22.1 Å². The zero-order chi connectivity index (χ0) is 15.6. The number of rotatable bonds is 5. The molecule has 1 aliphatic heterocycles. The van der Waals surface area contributed by atoms with Crippen molar-refractivity contribution in [2.24, 2.45) is 0 Å². The second-order valence-electron chi connectivity index (χ2n) is 5.66. The van der Waals surface area contributed by atoms with Gasteiger partial charge in [0.25, 0.3) is 10.0 Å². The highest BCUT2D eigenvalue weighted by Crippen LogP contribution is 2.32. The molecule has 0 saturated carbocycles. The summed E-state index contributed by atoms with van der Waals surface area (Å²) < 4.78 is 27.7. The maximum atomic E-state index is 13.0. The standard InChI is InChI=1S/C16H22N2O2S2/c1-2-11-21-16-9-5-6-10-18(16)22(19,20)15-12-13-7-3-4-8-14(13)17-15/h3-4,7-8,12,16-17H,2,5-6,9-11H2,1H3. The summed E-state index contributed by atoms with van der Waals surface area (Å²) in [7, 11) is -3.45. The Balaban J connectivity index is 1.92. The largest absolute Gasteiger partial charge is 0.345 e. The van der Waals surface area contributed by atoms with Gasteiger partial charge in [0.15, 0.2) is 0 Å². The number of thioether (sulfide) groups is 1. The molecule has 2 heterocycles. The van der Waals surface area contributed by atoms with Gasteiger partial charge in [-0.2, -0.15) is 4.31 Å². The molecule has 4 nitrogen and oxygen atoms in total. The quantitative estimate of drug-likeness (QED) is 0.902. The number of aromatic nitrogens is 1. The van der Waals surface area contributed by atoms with Crippen LogP contribution in [-0.2, 0) is 10.0 Å². The highest BCUT2D eigenvalue weighted by atomic mass is 32.2. The van der Waals surface area contributed by atoms with Crippen molar-refractivity contribution < 1.29 is 8.42 Å². The van der Waals surface area contributed by atoms with Crippen molar-refractivity contribution in [2.45, 2.75) is 43.0 Å². The number of fused-ring (bicyclic) bond motifs is 1. The maximum Gasteiger partial charge on any atom is 0.259 e. The summed E-state index contributed by atoms with van der Waals surface area (Å²) in [5.41, 5.74) is 0.871. The van der Waals surface area contributed by atoms with E-state index in [1.807, 2.05) is 24.3 Å². The van der Waals surface area contributed by atoms with Gasteiger partial charge >= 0.3 is 0 Å². The summed E-state index contributed by atoms with van der Waals surface area (Å²) in [6, 6.07) is 9.43. The number of benzene rings is 1. The number of para-hydroxylation sites is 1. The number of hydrogen-bond acceptors (Lipinski definition) is 3. The molecule has 3 rings (SSSR count). The lowest BCUT2D eigenvalue weighted by molar-refractivity contribution is 0.321. The molecule has 1 aliphatic rings. The van der Waals surface area contributed by atoms with E-state index >= 15 is 0 Å². The Morgan fingerprint density at radius 2 is 2.14 bits per heavy atom. The molecule has 22 heavy (non-hydrogen) atoms. The Kier molecular flexibility index (Phi) is 4.80. The molecule has 1 atom stereocenters. The fourth-order valence-corrected chi connectivity index (χ4v) is 6.07. The van der Waals surface area contributed by atoms with Crippen molar-refractivity contribution in [2.75, 3.05) is 12.3 Å². The highest BCUT2D eigenvalue weighted by Gasteiger charge is 2.34. The Morgan fingerprint density at radius 1 is 1.32 bits per heavy atom. The van der Waals surface area contributed by atoms with Crippen molar-refractivity contribution in [3.05, 3.63) is 30.3 Å². The molecule has 0 spiro atoms. The predicted octanol–water partition coefficient (Wildman–Crippen LogP) is 3.81. The van der Waals surface area contributed by atoms with Gasteiger partial charge in [-0.3, -0.25) is 0 Å². The third-order valence-electron chi connectivity index (χ3n) is 4.01. The number of aromatic amines is 1. The first-order chi connectivity index (χ1) is 10.6. The van der Waals surface area contributed by atoms with Gasteiger partial charge in [-0.1, -0.05) is 25.1 Å². The fraction of sp³-hybridized carbons (Fsp3) is 0.500. The fourth-order valence-electron chi connectivity index (χ4n) is 2.88. The minimum atomic E-state index is -3.45. The molecule has 0 radical (unpaired) electrons. The average Bonchev–Trinajstić information content (AvgIpc) is 2.98. The summed E-state index contributed by atoms with van der Waals surface area (Å²) in [5.74, 6) is 1.00. The number of sulfonamides is 1. The highest BCUT2D eigenvalue weighted by molar-refractivity contribution is 8.00. The van der Waals surface area contributed by atoms with Crippen molar-refractivity contribution in [3.63, 3.8) is 0 Å². The normalized spacial score (nSPS) is 20.5. The number of piperidine rings is 1. The molecule has 1 aromatic heterocycles. The van der Waals surface area contributed by atoms with Crippen molar-refractivity contribution in [1.82, 2.24) is 9.29 Å². The van der Waals surface area contributed by atoms with E-state index in [4.69, 9.17) is 0 Å². The minimum absolute atomic E-state index is 0.0742. The zero-order valence-electron chi connectivity index (χ0n) is 12.8. The molecule has 0 amide bonds. The van der Waals surface area contributed by atoms with Crippen LogP contribution < -0.4 is 0 Å². The first-order valence-corrected chi connectivity index (χ1v) is 10.3. The molecular formula is C16H22N2O2S2. The lowest BCUT2D eigenvalue weighted by atomic mass is 10.2. The number of hydrogen-bond donors (Lipinski definition) is 1. The van der Waals surface area contributed by atoms with Crippen LogP contribution in [0, 0.1) is 0 Å². The number of H-pyrrole nitrogens is 1. The lowest BCUT2D eigenvalue weighted by Gasteiger charge is -2.33. The van der Waals surface area contributed by atoms with Crippen LogP contribution in [0.5, 0.6) is 0 Å². The molecule has 1 saturated heterocycles. The van der Waals surface area contributed by atoms with Crippen LogP contribution in [0.2, 0.25) is 0 Å². The van der Waals surface area contributed by atoms with Gasteiger partial charge in [0.2, 0.25) is 0 Å². The molecule has 2 aromatic rings. The zero-order valence-corrected chi connectivity index (χ0v) is 14.4. The second kappa shape index (κ2) is 6.64. The Labute approximate surface area is 136 Å². The van der Waals surface area contributed by atoms with Crippen LogP contribution >= 0.6 is 11.8 Å². The first-order valence-electron chi connectivity index (χ1n) is 7.84. The van der Waals surface area contributed by atoms with Crippen LogP contribution in [-0.4, -0.2) is 35.4 Å². The van der Waals surface area contributed by atoms with Crippen LogP contribution in [0.15, 0.2) is 35.4 Å². The number of nitrogens with one attached hydrogen (secondary N) is 1. The van der Waals surface area contributed by atoms with E-state index in [0.29, 0.717) is 11.6 Å². The second-order valence-corrected chi connectivity index (χ2v) is 8.80. The number of nitrogens with zero attached hydrogens (tertiary/aromatic N) is 1. The van der Waals surface area contributed by atoms with Crippen LogP contribution in [0.25, 0.3) is 10.9 Å². The molecule has 1 aromatic carbocycles. The van der Waals surface area contributed by atoms with Gasteiger partial charge < -0.3 is 4.98 Å². The average molecular weight is 338 g/mol. The summed E-state index contributed by atoms with van der Waals surface area (Å²) in [4.78, 5) is 3.07. The van der Waals surface area contributed by atoms with Gasteiger partial charge in [0.1, 0.15) is 5.03 Å². The molecule has 0 aliphatic carbocycles. The first kappa shape index (κ1) is 15.9. The van der Waals surface area contributed by atoms with Gasteiger partial charge in [-0.05, 0) is 43.6 Å². The van der Waals surface area contributed by atoms with Gasteiger partial charge in [0.05, 0.1) is 5.37 Å². The van der Waals surface area contributed by atoms with Crippen molar-refractivity contribution in [3.8, 4) is 0 Å². The minimum Gasteiger partial charge on any atom is -0.345 e. The third-order valence-corrected chi connectivity index (χ3v) is 7.49. The molecule has 1 fully saturated rings. The van der Waals surface area contributed by atoms with Crippen molar-refractivity contribution >= 4 is 32.7 Å². The van der Waals surface area contributed by atoms with E-state index in [1.165, 1.54) is 0 Å². The maximum absolute atomic E-state index is 13.0. The summed E-state index contributed by atoms with van der Waals surface area (Å²) in [6.45, 7) is 2.76. The molecule has 120 valence electrons. The summed E-state index contributed by atoms with van der Waals surface area (Å²) in [6.07, 6.45) is 4.08. The van der Waals surface area contributed by atoms with Crippen LogP contribution in [0.3, 0.4) is 0 Å². The SMILES string of the molecule is CCCSC1CCCCN1S(=O)(=O)c1cc2ccccc2[nH]1. The van der Waals surface area contributed by atoms with Crippen LogP contribution in [0.4, 0.5) is 0 Å². The van der Waals surface area contributed by atoms with Gasteiger partial charge in [-0.25, -0.2) is 8.42 Å². The smallest absolute Gasteiger partial charge is 0.259 e. The van der Waals surface area contributed by atoms with Crippen LogP contribution in [0.1, 0.15) is 32.6 Å². The van der Waals surface area contributed by atoms with Crippen molar-refractivity contribution in [1.29, 1.82) is 0 Å². The monoisotopic (exact) mass is 338 g/mol. The Morgan fingerprint density at radius 3 is 2.91 bits per heavy atom. The topological polar surface area (TPSA) is 53.2 Å². The Hall–Kier alpha value is -0.980. The molecule has 1 N–H and O–H groups in total. The van der Waals surface area contributed by atoms with Gasteiger partial charge in [-0.15, -0.1) is 11.8 Å². The predicted molar refractivity (Wildman–Crippen MR) is 92.6 cm³/mol. The summed E-state index contributed by atoms with van der Waals surface area (Å²) in [5, 5.41) is 1.33. The van der Waals surface area contributed by atoms with E-state index in [-0.39, 0.29) is 5.37 Å². The molecule has 6 heteroatoms. The lowest BCUT2D eigenvalue weighted by Crippen LogP contribution is -2.42. The van der Waals surface area contributed by atoms with E-state index in [9.17, 15) is 8.42 Å².